The van der Waals surface area contributed by atoms with Crippen molar-refractivity contribution in [2.45, 2.75) is 223 Å². The van der Waals surface area contributed by atoms with Crippen molar-refractivity contribution in [2.24, 2.45) is 40.4 Å². The van der Waals surface area contributed by atoms with Gasteiger partial charge in [0.1, 0.15) is 77.4 Å². The Bertz CT molecular complexity index is 5620. The minimum atomic E-state index is -2.23. The lowest BCUT2D eigenvalue weighted by Crippen LogP contribution is -2.61. The van der Waals surface area contributed by atoms with Gasteiger partial charge in [-0.05, 0) is 122 Å². The Morgan fingerprint density at radius 2 is 0.900 bits per heavy atom. The van der Waals surface area contributed by atoms with Crippen LogP contribution in [0.4, 0.5) is 0 Å². The number of carbonyl (C=O) groups excluding carboxylic acids is 18. The molecule has 7 rings (SSSR count). The van der Waals surface area contributed by atoms with Gasteiger partial charge in [-0.3, -0.25) is 105 Å². The second-order valence-electron chi connectivity index (χ2n) is 37.4. The van der Waals surface area contributed by atoms with Crippen molar-refractivity contribution in [1.82, 2.24) is 68.7 Å². The molecule has 0 radical (unpaired) electrons. The number of phenolic OH excluding ortho intramolecular Hbond substituents is 1. The molecule has 816 valence electrons. The number of aromatic hydroxyl groups is 1. The van der Waals surface area contributed by atoms with Gasteiger partial charge < -0.3 is 126 Å². The lowest BCUT2D eigenvalue weighted by atomic mass is 9.81. The molecule has 5 aromatic rings. The average molecular weight is 2150 g/mol. The molecule has 23 N–H and O–H groups in total. The highest BCUT2D eigenvalue weighted by atomic mass is 32.2. The quantitative estimate of drug-likeness (QED) is 0.0336. The van der Waals surface area contributed by atoms with Gasteiger partial charge in [0, 0.05) is 106 Å². The zero-order chi connectivity index (χ0) is 111. The number of benzene rings is 5. The Morgan fingerprint density at radius 1 is 0.453 bits per heavy atom. The number of thioether (sulfide) groups is 3. The van der Waals surface area contributed by atoms with Crippen LogP contribution in [0, 0.1) is 23.2 Å². The summed E-state index contributed by atoms with van der Waals surface area (Å²) < 4.78 is 18.8. The fourth-order valence-electron chi connectivity index (χ4n) is 15.8. The molecule has 15 atom stereocenters. The molecule has 5 aromatic carbocycles. The SMILES string of the molecule is C[C@H](NC(=O)CN(C)C(=O)CCN)C(=O)C[C@H]1CSCCCOc2cc3cc(c2)OCCCSC[C@H](NC(=O)[C@@H](C)NC(=O)[C@H](Cc2cccc4ccccc24)CC(=O)[C@H](CCC(=O)O)NC(=O)[C@H](CC(N)=O)NC(=O)[C@@H](C)NC1=O)C(=O)N[C@@H](CCC(=O)O)C(=O)N[C@@H](CC(=O)O)C(=O)N[C@@H](Cc1ccccc1)C(=O)N[C@@H](Cc1ccc(O)cc1)C(=O)N[C@@H](CC(=O)O)C(=O)N[C@@H](C(C)(C)C)C(=O)C[C@H](C(N)=O)CSCCCO3. The number of nitrogens with two attached hydrogens (primary N) is 3. The number of aliphatic carboxylic acids is 4. The van der Waals surface area contributed by atoms with Crippen LogP contribution < -0.4 is 95.2 Å². The van der Waals surface area contributed by atoms with E-state index in [1.807, 2.05) is 0 Å². The number of fused-ring (bicyclic) bond motifs is 9. The third-order valence-corrected chi connectivity index (χ3v) is 27.5. The summed E-state index contributed by atoms with van der Waals surface area (Å²) in [6.07, 6.45) is -9.18. The van der Waals surface area contributed by atoms with Gasteiger partial charge in [0.15, 0.2) is 17.3 Å². The van der Waals surface area contributed by atoms with Gasteiger partial charge in [-0.15, -0.1) is 0 Å². The van der Waals surface area contributed by atoms with E-state index in [9.17, 15) is 112 Å². The maximum Gasteiger partial charge on any atom is 0.305 e. The van der Waals surface area contributed by atoms with Crippen molar-refractivity contribution < 1.29 is 145 Å². The Labute approximate surface area is 878 Å². The largest absolute Gasteiger partial charge is 0.508 e. The number of carboxylic acid groups (broad SMARTS) is 4. The number of rotatable bonds is 27. The fourth-order valence-corrected chi connectivity index (χ4v) is 18.8. The van der Waals surface area contributed by atoms with Crippen molar-refractivity contribution in [3.05, 3.63) is 132 Å². The first-order chi connectivity index (χ1) is 71.0. The van der Waals surface area contributed by atoms with Gasteiger partial charge in [-0.2, -0.15) is 35.3 Å². The van der Waals surface area contributed by atoms with Crippen LogP contribution in [0.2, 0.25) is 0 Å². The number of primary amides is 2. The van der Waals surface area contributed by atoms with Crippen LogP contribution >= 0.6 is 35.3 Å². The molecule has 2 aliphatic rings. The second kappa shape index (κ2) is 61.5. The third-order valence-electron chi connectivity index (χ3n) is 24.0. The molecule has 0 unspecified atom stereocenters. The monoisotopic (exact) mass is 2150 g/mol. The molecule has 15 amide bonds. The van der Waals surface area contributed by atoms with Crippen LogP contribution in [-0.4, -0.2) is 307 Å². The zero-order valence-electron chi connectivity index (χ0n) is 84.3. The number of likely N-dealkylation sites (N-methyl/N-ethyl adjacent to an activating group) is 1. The molecule has 0 aliphatic carbocycles. The minimum absolute atomic E-state index is 0.000726. The highest BCUT2D eigenvalue weighted by Gasteiger charge is 2.42. The van der Waals surface area contributed by atoms with Gasteiger partial charge in [-0.25, -0.2) is 0 Å². The minimum Gasteiger partial charge on any atom is -0.508 e. The van der Waals surface area contributed by atoms with Gasteiger partial charge in [0.25, 0.3) is 0 Å². The van der Waals surface area contributed by atoms with Crippen LogP contribution in [0.5, 0.6) is 23.0 Å². The fraction of sp³-hybridized carbons (Fsp3) is 0.505. The van der Waals surface area contributed by atoms with Crippen LogP contribution in [0.1, 0.15) is 148 Å². The summed E-state index contributed by atoms with van der Waals surface area (Å²) in [5.74, 6) is -28.7. The molecule has 2 heterocycles. The van der Waals surface area contributed by atoms with Crippen LogP contribution in [-0.2, 0) is 125 Å². The molecule has 0 aromatic heterocycles. The molecule has 0 fully saturated rings. The lowest BCUT2D eigenvalue weighted by molar-refractivity contribution is -0.142. The number of Topliss-reactive ketones (excluding diaryl/α,β-unsaturated/α-hetero) is 3. The number of carbonyl (C=O) groups is 22. The van der Waals surface area contributed by atoms with E-state index in [0.717, 1.165) is 16.7 Å². The summed E-state index contributed by atoms with van der Waals surface area (Å²) in [7, 11) is 1.36. The standard InChI is InChI=1S/C101H134N16O30S3/c1-55(105-82(123)51-117(7)83(124)31-32-102)78(119)44-64-53-149-37-15-34-146-67-45-66-46-68(47-67)147-35-16-38-150-54-77(115-91(135)57(3)106-92(136)62(41-61-21-13-20-60-19-11-12-22-69(60)61)42-79(120)70(27-29-84(125)126)108-97(141)74(48-81(103)122)110-90(134)56(2)107-93(64)137)100(144)109-71(28-30-85(127)128)94(138)113-75(49-86(129)130)98(142)112-72(39-58-17-9-8-10-18-58)95(139)111-73(40-59-23-25-65(118)26-24-59)96(140)114-76(50-87(131)132)99(143)116-88(101(4,5)6)80(121)43-63(89(104)133)52-148-36-14-33-145-66/h8-13,17-26,45-47,55-57,62-64,70-77,88,118H,14-16,27-44,48-54,102H2,1-7H3,(H2,103,122)(H2,104,133)(H,105,123)(H,106,136)(H,107,137)(H,108,141)(H,109,144)(H,110,134)(H,111,139)(H,112,142)(H,113,138)(H,114,140)(H,115,135)(H,116,143)(H,125,126)(H,127,128)(H,129,130)(H,131,132)/t55-,56+,57+,62+,63-,64-,70-,71-,72-,73-,74-,75-,76-,77-,88+/m0/s1. The van der Waals surface area contributed by atoms with E-state index in [1.165, 1.54) is 99.9 Å². The van der Waals surface area contributed by atoms with Crippen molar-refractivity contribution in [1.29, 1.82) is 0 Å². The topological polar surface area (TPSA) is 730 Å². The van der Waals surface area contributed by atoms with Crippen molar-refractivity contribution in [2.75, 3.05) is 74.5 Å². The molecule has 0 spiro atoms. The number of hydrogen-bond acceptors (Lipinski definition) is 30. The number of amides is 15. The number of carboxylic acids is 4. The summed E-state index contributed by atoms with van der Waals surface area (Å²) in [5.41, 5.74) is 16.9. The number of ether oxygens (including phenoxy) is 3. The first-order valence-electron chi connectivity index (χ1n) is 48.7. The highest BCUT2D eigenvalue weighted by Crippen LogP contribution is 2.32. The Balaban J connectivity index is 1.34. The number of ketones is 3. The summed E-state index contributed by atoms with van der Waals surface area (Å²) in [4.78, 5) is 311. The molecule has 0 saturated heterocycles. The molecular weight excluding hydrogens is 2010 g/mol. The summed E-state index contributed by atoms with van der Waals surface area (Å²) in [5, 5.41) is 81.9. The van der Waals surface area contributed by atoms with Crippen LogP contribution in [0.25, 0.3) is 10.8 Å². The van der Waals surface area contributed by atoms with E-state index in [1.54, 1.807) is 87.5 Å². The summed E-state index contributed by atoms with van der Waals surface area (Å²) in [6, 6.07) is 7.86. The Kier molecular flexibility index (Phi) is 50.2. The normalized spacial score (nSPS) is 23.1. The van der Waals surface area contributed by atoms with E-state index >= 15 is 19.2 Å². The highest BCUT2D eigenvalue weighted by molar-refractivity contribution is 7.99. The number of phenols is 1. The average Bonchev–Trinajstić information content (AvgIpc) is 0.818. The first-order valence-corrected chi connectivity index (χ1v) is 52.2. The summed E-state index contributed by atoms with van der Waals surface area (Å²) >= 11 is 3.42. The van der Waals surface area contributed by atoms with Gasteiger partial charge in [-0.1, -0.05) is 106 Å². The number of nitrogens with zero attached hydrogens (tertiary/aromatic N) is 1. The van der Waals surface area contributed by atoms with E-state index in [-0.39, 0.29) is 104 Å². The number of hydrogen-bond donors (Lipinski definition) is 20. The van der Waals surface area contributed by atoms with Crippen LogP contribution in [0.15, 0.2) is 115 Å². The zero-order valence-corrected chi connectivity index (χ0v) is 86.7. The Hall–Kier alpha value is -14.5. The molecule has 46 nitrogen and oxygen atoms in total. The lowest BCUT2D eigenvalue weighted by Gasteiger charge is -2.32. The third kappa shape index (κ3) is 42.6. The van der Waals surface area contributed by atoms with E-state index in [4.69, 9.17) is 31.4 Å². The molecule has 150 heavy (non-hydrogen) atoms. The second-order valence-corrected chi connectivity index (χ2v) is 40.9. The van der Waals surface area contributed by atoms with Crippen LogP contribution in [0.3, 0.4) is 0 Å². The van der Waals surface area contributed by atoms with E-state index in [2.05, 4.69) is 63.8 Å². The molecular formula is C101H134N16O30S3. The van der Waals surface area contributed by atoms with Gasteiger partial charge in [0.05, 0.1) is 75.6 Å². The van der Waals surface area contributed by atoms with Gasteiger partial charge >= 0.3 is 23.9 Å². The summed E-state index contributed by atoms with van der Waals surface area (Å²) in [6.45, 7) is 7.87. The van der Waals surface area contributed by atoms with Gasteiger partial charge in [0.2, 0.25) is 88.6 Å². The van der Waals surface area contributed by atoms with E-state index in [0.29, 0.717) is 34.1 Å². The predicted octanol–water partition coefficient (Wildman–Crippen LogP) is 0.303. The molecule has 0 saturated carbocycles. The predicted molar refractivity (Wildman–Crippen MR) is 550 cm³/mol. The molecule has 4 bridgehead atoms. The first kappa shape index (κ1) is 122. The van der Waals surface area contributed by atoms with E-state index < -0.39 is 315 Å². The molecule has 2 aliphatic heterocycles. The van der Waals surface area contributed by atoms with Crippen molar-refractivity contribution in [3.8, 4) is 23.0 Å². The van der Waals surface area contributed by atoms with Crippen molar-refractivity contribution in [3.63, 3.8) is 0 Å². The smallest absolute Gasteiger partial charge is 0.305 e. The molecule has 49 heteroatoms. The Morgan fingerprint density at radius 3 is 1.42 bits per heavy atom. The maximum absolute atomic E-state index is 15.2. The maximum atomic E-state index is 15.2. The number of nitrogens with one attached hydrogen (secondary N) is 12. The van der Waals surface area contributed by atoms with Crippen molar-refractivity contribution >= 4 is 176 Å².